The Morgan fingerprint density at radius 1 is 1.36 bits per heavy atom. The van der Waals surface area contributed by atoms with E-state index >= 15 is 0 Å². The highest BCUT2D eigenvalue weighted by atomic mass is 32.2. The van der Waals surface area contributed by atoms with Crippen LogP contribution in [0, 0.1) is 5.92 Å². The van der Waals surface area contributed by atoms with Crippen LogP contribution in [0.3, 0.4) is 0 Å². The Morgan fingerprint density at radius 2 is 2.00 bits per heavy atom. The lowest BCUT2D eigenvalue weighted by molar-refractivity contribution is -0.138. The molecule has 1 fully saturated rings. The van der Waals surface area contributed by atoms with Crippen LogP contribution < -0.4 is 0 Å². The van der Waals surface area contributed by atoms with Gasteiger partial charge in [0.15, 0.2) is 0 Å². The lowest BCUT2D eigenvalue weighted by Crippen LogP contribution is -2.19. The Kier molecular flexibility index (Phi) is 3.49. The van der Waals surface area contributed by atoms with E-state index in [1.165, 1.54) is 0 Å². The molecule has 82 valence electrons. The van der Waals surface area contributed by atoms with Crippen LogP contribution in [-0.2, 0) is 23.8 Å². The number of carbonyl (C=O) groups excluding carboxylic acids is 1. The second-order valence-corrected chi connectivity index (χ2v) is 5.05. The molecule has 2 unspecified atom stereocenters. The molecule has 14 heavy (non-hydrogen) atoms. The lowest BCUT2D eigenvalue weighted by atomic mass is 10.1. The average molecular weight is 222 g/mol. The van der Waals surface area contributed by atoms with Gasteiger partial charge in [-0.3, -0.25) is 4.79 Å². The van der Waals surface area contributed by atoms with E-state index in [2.05, 4.69) is 4.18 Å². The summed E-state index contributed by atoms with van der Waals surface area (Å²) in [5.74, 6) is -0.998. The van der Waals surface area contributed by atoms with Gasteiger partial charge in [-0.25, -0.2) is 0 Å². The van der Waals surface area contributed by atoms with Crippen molar-refractivity contribution in [1.82, 2.24) is 0 Å². The summed E-state index contributed by atoms with van der Waals surface area (Å²) in [7, 11) is -2.10. The molecule has 0 spiro atoms. The summed E-state index contributed by atoms with van der Waals surface area (Å²) >= 11 is 0. The fraction of sp³-hybridized carbons (Fsp3) is 0.875. The summed E-state index contributed by atoms with van der Waals surface area (Å²) in [6.07, 6.45) is 2.87. The number of carbonyl (C=O) groups is 1. The van der Waals surface area contributed by atoms with Crippen LogP contribution in [0.1, 0.15) is 19.3 Å². The van der Waals surface area contributed by atoms with Crippen LogP contribution in [0.5, 0.6) is 0 Å². The van der Waals surface area contributed by atoms with Gasteiger partial charge in [0.2, 0.25) is 0 Å². The van der Waals surface area contributed by atoms with Gasteiger partial charge in [0, 0.05) is 7.11 Å². The predicted molar refractivity (Wildman–Crippen MR) is 49.1 cm³/mol. The SMILES string of the molecule is COC1CCC(C(=O)OS(C)(=O)=O)C1. The zero-order valence-electron chi connectivity index (χ0n) is 8.23. The van der Waals surface area contributed by atoms with E-state index in [-0.39, 0.29) is 12.0 Å². The average Bonchev–Trinajstić information content (AvgIpc) is 2.48. The number of methoxy groups -OCH3 is 1. The van der Waals surface area contributed by atoms with Gasteiger partial charge in [0.05, 0.1) is 18.3 Å². The fourth-order valence-corrected chi connectivity index (χ4v) is 2.02. The molecule has 2 atom stereocenters. The number of hydrogen-bond acceptors (Lipinski definition) is 5. The molecular weight excluding hydrogens is 208 g/mol. The van der Waals surface area contributed by atoms with Crippen molar-refractivity contribution in [3.8, 4) is 0 Å². The number of ether oxygens (including phenoxy) is 1. The maximum absolute atomic E-state index is 11.3. The molecule has 5 nitrogen and oxygen atoms in total. The summed E-state index contributed by atoms with van der Waals surface area (Å²) in [5.41, 5.74) is 0. The third-order valence-corrected chi connectivity index (χ3v) is 2.75. The molecule has 0 N–H and O–H groups in total. The Balaban J connectivity index is 2.48. The van der Waals surface area contributed by atoms with Crippen molar-refractivity contribution in [3.05, 3.63) is 0 Å². The minimum Gasteiger partial charge on any atom is -0.381 e. The zero-order chi connectivity index (χ0) is 10.8. The predicted octanol–water partition coefficient (Wildman–Crippen LogP) is 0.304. The second-order valence-electron chi connectivity index (χ2n) is 3.47. The zero-order valence-corrected chi connectivity index (χ0v) is 9.04. The van der Waals surface area contributed by atoms with E-state index in [9.17, 15) is 13.2 Å². The fourth-order valence-electron chi connectivity index (χ4n) is 1.59. The molecule has 1 aliphatic carbocycles. The first kappa shape index (κ1) is 11.5. The Morgan fingerprint density at radius 3 is 2.43 bits per heavy atom. The van der Waals surface area contributed by atoms with Gasteiger partial charge in [-0.1, -0.05) is 0 Å². The first-order valence-electron chi connectivity index (χ1n) is 4.38. The van der Waals surface area contributed by atoms with Crippen LogP contribution in [-0.4, -0.2) is 33.9 Å². The normalized spacial score (nSPS) is 27.6. The first-order valence-corrected chi connectivity index (χ1v) is 6.20. The van der Waals surface area contributed by atoms with Crippen LogP contribution in [0.15, 0.2) is 0 Å². The monoisotopic (exact) mass is 222 g/mol. The van der Waals surface area contributed by atoms with Gasteiger partial charge < -0.3 is 8.92 Å². The van der Waals surface area contributed by atoms with Gasteiger partial charge >= 0.3 is 16.1 Å². The third kappa shape index (κ3) is 3.26. The highest BCUT2D eigenvalue weighted by molar-refractivity contribution is 7.86. The maximum atomic E-state index is 11.3. The highest BCUT2D eigenvalue weighted by Gasteiger charge is 2.32. The molecule has 0 aromatic carbocycles. The van der Waals surface area contributed by atoms with Gasteiger partial charge in [-0.2, -0.15) is 8.42 Å². The molecule has 0 heterocycles. The Bertz CT molecular complexity index is 308. The topological polar surface area (TPSA) is 69.7 Å². The Hall–Kier alpha value is -0.620. The van der Waals surface area contributed by atoms with E-state index < -0.39 is 16.1 Å². The van der Waals surface area contributed by atoms with Crippen molar-refractivity contribution in [3.63, 3.8) is 0 Å². The van der Waals surface area contributed by atoms with E-state index in [4.69, 9.17) is 4.74 Å². The molecule has 0 aromatic rings. The van der Waals surface area contributed by atoms with Gasteiger partial charge in [-0.05, 0) is 19.3 Å². The summed E-state index contributed by atoms with van der Waals surface area (Å²) in [4.78, 5) is 11.3. The molecule has 0 aliphatic heterocycles. The van der Waals surface area contributed by atoms with Crippen LogP contribution >= 0.6 is 0 Å². The Labute approximate surface area is 83.5 Å². The van der Waals surface area contributed by atoms with Crippen molar-refractivity contribution >= 4 is 16.1 Å². The van der Waals surface area contributed by atoms with Gasteiger partial charge in [-0.15, -0.1) is 0 Å². The molecule has 0 radical (unpaired) electrons. The number of hydrogen-bond donors (Lipinski definition) is 0. The second kappa shape index (κ2) is 4.27. The highest BCUT2D eigenvalue weighted by Crippen LogP contribution is 2.28. The van der Waals surface area contributed by atoms with Gasteiger partial charge in [0.25, 0.3) is 0 Å². The minimum absolute atomic E-state index is 0.0483. The third-order valence-electron chi connectivity index (χ3n) is 2.28. The van der Waals surface area contributed by atoms with E-state index in [0.29, 0.717) is 12.8 Å². The summed E-state index contributed by atoms with van der Waals surface area (Å²) < 4.78 is 30.7. The summed E-state index contributed by atoms with van der Waals surface area (Å²) in [6.45, 7) is 0. The molecule has 0 saturated heterocycles. The molecule has 6 heteroatoms. The van der Waals surface area contributed by atoms with Gasteiger partial charge in [0.1, 0.15) is 0 Å². The molecule has 0 aromatic heterocycles. The molecule has 1 saturated carbocycles. The standard InChI is InChI=1S/C8H14O5S/c1-12-7-4-3-6(5-7)8(9)13-14(2,10)11/h6-7H,3-5H2,1-2H3. The molecule has 1 rings (SSSR count). The minimum atomic E-state index is -3.68. The smallest absolute Gasteiger partial charge is 0.325 e. The van der Waals surface area contributed by atoms with E-state index in [1.807, 2.05) is 0 Å². The van der Waals surface area contributed by atoms with Crippen LogP contribution in [0.2, 0.25) is 0 Å². The van der Waals surface area contributed by atoms with E-state index in [0.717, 1.165) is 12.7 Å². The largest absolute Gasteiger partial charge is 0.381 e. The van der Waals surface area contributed by atoms with E-state index in [1.54, 1.807) is 7.11 Å². The summed E-state index contributed by atoms with van der Waals surface area (Å²) in [6, 6.07) is 0. The van der Waals surface area contributed by atoms with Crippen molar-refractivity contribution in [1.29, 1.82) is 0 Å². The summed E-state index contributed by atoms with van der Waals surface area (Å²) in [5, 5.41) is 0. The lowest BCUT2D eigenvalue weighted by Gasteiger charge is -2.08. The molecule has 0 amide bonds. The number of rotatable bonds is 3. The molecular formula is C8H14O5S. The van der Waals surface area contributed by atoms with Crippen molar-refractivity contribution in [2.24, 2.45) is 5.92 Å². The maximum Gasteiger partial charge on any atom is 0.325 e. The quantitative estimate of drug-likeness (QED) is 0.642. The van der Waals surface area contributed by atoms with Crippen molar-refractivity contribution < 1.29 is 22.1 Å². The van der Waals surface area contributed by atoms with Crippen LogP contribution in [0.25, 0.3) is 0 Å². The van der Waals surface area contributed by atoms with Crippen LogP contribution in [0.4, 0.5) is 0 Å². The first-order chi connectivity index (χ1) is 6.42. The molecule has 0 bridgehead atoms. The van der Waals surface area contributed by atoms with Crippen molar-refractivity contribution in [2.45, 2.75) is 25.4 Å². The van der Waals surface area contributed by atoms with Crippen molar-refractivity contribution in [2.75, 3.05) is 13.4 Å². The molecule has 1 aliphatic rings.